The van der Waals surface area contributed by atoms with Gasteiger partial charge in [-0.1, -0.05) is 18.2 Å². The molecule has 0 saturated carbocycles. The number of esters is 1. The standard InChI is InChI=1S/C22H25NO4/c1-14-11-12-17(22(25)26-3)13-19(14)23-21(24)15(2)27-20-10-6-8-16-7-4-5-9-18(16)20/h6,8,10-13,15H,4-5,7,9H2,1-3H3,(H,23,24)/t15-/m0/s1. The first-order chi connectivity index (χ1) is 13.0. The lowest BCUT2D eigenvalue weighted by molar-refractivity contribution is -0.122. The lowest BCUT2D eigenvalue weighted by atomic mass is 9.91. The summed E-state index contributed by atoms with van der Waals surface area (Å²) >= 11 is 0. The van der Waals surface area contributed by atoms with Crippen molar-refractivity contribution in [1.82, 2.24) is 0 Å². The van der Waals surface area contributed by atoms with Crippen LogP contribution < -0.4 is 10.1 Å². The number of carbonyl (C=O) groups excluding carboxylic acids is 2. The molecule has 0 saturated heterocycles. The van der Waals surface area contributed by atoms with Crippen molar-refractivity contribution in [1.29, 1.82) is 0 Å². The van der Waals surface area contributed by atoms with Crippen molar-refractivity contribution in [3.8, 4) is 5.75 Å². The van der Waals surface area contributed by atoms with Crippen LogP contribution in [0.25, 0.3) is 0 Å². The SMILES string of the molecule is COC(=O)c1ccc(C)c(NC(=O)[C@H](C)Oc2cccc3c2CCCC3)c1. The Bertz CT molecular complexity index is 859. The van der Waals surface area contributed by atoms with Gasteiger partial charge in [0.2, 0.25) is 0 Å². The lowest BCUT2D eigenvalue weighted by Crippen LogP contribution is -2.31. The Morgan fingerprint density at radius 2 is 1.89 bits per heavy atom. The van der Waals surface area contributed by atoms with Crippen LogP contribution in [0.3, 0.4) is 0 Å². The van der Waals surface area contributed by atoms with Gasteiger partial charge < -0.3 is 14.8 Å². The van der Waals surface area contributed by atoms with Gasteiger partial charge >= 0.3 is 5.97 Å². The molecule has 5 nitrogen and oxygen atoms in total. The maximum absolute atomic E-state index is 12.6. The molecule has 0 fully saturated rings. The molecule has 1 amide bonds. The van der Waals surface area contributed by atoms with Crippen molar-refractivity contribution in [3.63, 3.8) is 0 Å². The van der Waals surface area contributed by atoms with E-state index in [1.165, 1.54) is 24.7 Å². The van der Waals surface area contributed by atoms with E-state index in [-0.39, 0.29) is 5.91 Å². The minimum atomic E-state index is -0.653. The zero-order valence-corrected chi connectivity index (χ0v) is 16.0. The van der Waals surface area contributed by atoms with Crippen molar-refractivity contribution in [2.45, 2.75) is 45.6 Å². The van der Waals surface area contributed by atoms with Crippen LogP contribution in [0, 0.1) is 6.92 Å². The summed E-state index contributed by atoms with van der Waals surface area (Å²) in [4.78, 5) is 24.4. The number of benzene rings is 2. The van der Waals surface area contributed by atoms with Gasteiger partial charge in [0.05, 0.1) is 12.7 Å². The van der Waals surface area contributed by atoms with Crippen LogP contribution in [-0.4, -0.2) is 25.1 Å². The molecule has 1 aliphatic carbocycles. The number of methoxy groups -OCH3 is 1. The van der Waals surface area contributed by atoms with E-state index in [1.807, 2.05) is 19.1 Å². The molecule has 0 aliphatic heterocycles. The van der Waals surface area contributed by atoms with Crippen LogP contribution in [-0.2, 0) is 22.4 Å². The number of ether oxygens (including phenoxy) is 2. The summed E-state index contributed by atoms with van der Waals surface area (Å²) in [6.45, 7) is 3.60. The van der Waals surface area contributed by atoms with Gasteiger partial charge in [-0.15, -0.1) is 0 Å². The maximum Gasteiger partial charge on any atom is 0.337 e. The zero-order chi connectivity index (χ0) is 19.4. The van der Waals surface area contributed by atoms with Crippen LogP contribution in [0.15, 0.2) is 36.4 Å². The molecule has 5 heteroatoms. The predicted octanol–water partition coefficient (Wildman–Crippen LogP) is 4.07. The molecule has 0 radical (unpaired) electrons. The van der Waals surface area contributed by atoms with Gasteiger partial charge in [-0.05, 0) is 74.4 Å². The van der Waals surface area contributed by atoms with Gasteiger partial charge in [0.1, 0.15) is 5.75 Å². The molecule has 1 N–H and O–H groups in total. The molecule has 0 bridgehead atoms. The van der Waals surface area contributed by atoms with Gasteiger partial charge in [-0.25, -0.2) is 4.79 Å². The Morgan fingerprint density at radius 1 is 1.11 bits per heavy atom. The molecule has 1 aliphatic rings. The Labute approximate surface area is 159 Å². The minimum Gasteiger partial charge on any atom is -0.481 e. The smallest absolute Gasteiger partial charge is 0.337 e. The fourth-order valence-electron chi connectivity index (χ4n) is 3.34. The monoisotopic (exact) mass is 367 g/mol. The molecule has 0 spiro atoms. The Morgan fingerprint density at radius 3 is 2.67 bits per heavy atom. The summed E-state index contributed by atoms with van der Waals surface area (Å²) in [5.41, 5.74) is 4.36. The fraction of sp³-hybridized carbons (Fsp3) is 0.364. The average molecular weight is 367 g/mol. The topological polar surface area (TPSA) is 64.6 Å². The number of hydrogen-bond donors (Lipinski definition) is 1. The van der Waals surface area contributed by atoms with Crippen LogP contribution in [0.4, 0.5) is 5.69 Å². The van der Waals surface area contributed by atoms with Crippen LogP contribution in [0.2, 0.25) is 0 Å². The number of nitrogens with one attached hydrogen (secondary N) is 1. The molecule has 0 aromatic heterocycles. The largest absolute Gasteiger partial charge is 0.481 e. The number of carbonyl (C=O) groups is 2. The summed E-state index contributed by atoms with van der Waals surface area (Å²) in [6, 6.07) is 11.1. The number of anilines is 1. The highest BCUT2D eigenvalue weighted by molar-refractivity contribution is 5.97. The van der Waals surface area contributed by atoms with Crippen molar-refractivity contribution < 1.29 is 19.1 Å². The quantitative estimate of drug-likeness (QED) is 0.809. The van der Waals surface area contributed by atoms with Crippen molar-refractivity contribution in [3.05, 3.63) is 58.7 Å². The molecule has 27 heavy (non-hydrogen) atoms. The molecule has 2 aromatic rings. The first kappa shape index (κ1) is 19.0. The molecule has 3 rings (SSSR count). The Hall–Kier alpha value is -2.82. The summed E-state index contributed by atoms with van der Waals surface area (Å²) in [5.74, 6) is 0.0918. The zero-order valence-electron chi connectivity index (χ0n) is 16.0. The summed E-state index contributed by atoms with van der Waals surface area (Å²) in [5, 5.41) is 2.86. The molecule has 1 atom stereocenters. The van der Waals surface area contributed by atoms with Gasteiger partial charge in [0.25, 0.3) is 5.91 Å². The van der Waals surface area contributed by atoms with Gasteiger partial charge in [0.15, 0.2) is 6.10 Å². The second kappa shape index (κ2) is 8.25. The first-order valence-electron chi connectivity index (χ1n) is 9.27. The second-order valence-corrected chi connectivity index (χ2v) is 6.87. The van der Waals surface area contributed by atoms with Gasteiger partial charge in [0, 0.05) is 5.69 Å². The number of amides is 1. The van der Waals surface area contributed by atoms with E-state index in [2.05, 4.69) is 11.4 Å². The van der Waals surface area contributed by atoms with Crippen LogP contribution in [0.5, 0.6) is 5.75 Å². The highest BCUT2D eigenvalue weighted by atomic mass is 16.5. The Balaban J connectivity index is 1.73. The van der Waals surface area contributed by atoms with E-state index in [1.54, 1.807) is 25.1 Å². The van der Waals surface area contributed by atoms with Gasteiger partial charge in [-0.3, -0.25) is 4.79 Å². The van der Waals surface area contributed by atoms with E-state index in [9.17, 15) is 9.59 Å². The van der Waals surface area contributed by atoms with Crippen molar-refractivity contribution in [2.24, 2.45) is 0 Å². The second-order valence-electron chi connectivity index (χ2n) is 6.87. The third-order valence-corrected chi connectivity index (χ3v) is 4.94. The Kier molecular flexibility index (Phi) is 5.79. The minimum absolute atomic E-state index is 0.256. The number of rotatable bonds is 5. The van der Waals surface area contributed by atoms with Crippen molar-refractivity contribution in [2.75, 3.05) is 12.4 Å². The van der Waals surface area contributed by atoms with E-state index in [4.69, 9.17) is 9.47 Å². The average Bonchev–Trinajstić information content (AvgIpc) is 2.69. The number of hydrogen-bond acceptors (Lipinski definition) is 4. The fourth-order valence-corrected chi connectivity index (χ4v) is 3.34. The van der Waals surface area contributed by atoms with E-state index in [0.717, 1.165) is 30.6 Å². The van der Waals surface area contributed by atoms with Gasteiger partial charge in [-0.2, -0.15) is 0 Å². The summed E-state index contributed by atoms with van der Waals surface area (Å²) in [6.07, 6.45) is 3.74. The number of fused-ring (bicyclic) bond motifs is 1. The van der Waals surface area contributed by atoms with E-state index in [0.29, 0.717) is 11.3 Å². The first-order valence-corrected chi connectivity index (χ1v) is 9.27. The molecule has 0 unspecified atom stereocenters. The molecular formula is C22H25NO4. The highest BCUT2D eigenvalue weighted by Gasteiger charge is 2.20. The summed E-state index contributed by atoms with van der Waals surface area (Å²) in [7, 11) is 1.33. The number of aryl methyl sites for hydroxylation is 2. The summed E-state index contributed by atoms with van der Waals surface area (Å²) < 4.78 is 10.7. The predicted molar refractivity (Wildman–Crippen MR) is 104 cm³/mol. The van der Waals surface area contributed by atoms with Crippen molar-refractivity contribution >= 4 is 17.6 Å². The van der Waals surface area contributed by atoms with Crippen LogP contribution in [0.1, 0.15) is 46.8 Å². The van der Waals surface area contributed by atoms with E-state index >= 15 is 0 Å². The molecule has 2 aromatic carbocycles. The third-order valence-electron chi connectivity index (χ3n) is 4.94. The highest BCUT2D eigenvalue weighted by Crippen LogP contribution is 2.30. The van der Waals surface area contributed by atoms with Crippen LogP contribution >= 0.6 is 0 Å². The third kappa shape index (κ3) is 4.30. The maximum atomic E-state index is 12.6. The molecule has 142 valence electrons. The van der Waals surface area contributed by atoms with E-state index < -0.39 is 12.1 Å². The molecular weight excluding hydrogens is 342 g/mol. The molecule has 0 heterocycles. The normalized spacial score (nSPS) is 14.0. The lowest BCUT2D eigenvalue weighted by Gasteiger charge is -2.22.